The zero-order valence-electron chi connectivity index (χ0n) is 14.3. The van der Waals surface area contributed by atoms with Crippen molar-refractivity contribution in [2.24, 2.45) is 0 Å². The second kappa shape index (κ2) is 6.51. The van der Waals surface area contributed by atoms with Crippen molar-refractivity contribution in [1.82, 2.24) is 15.0 Å². The van der Waals surface area contributed by atoms with Crippen molar-refractivity contribution >= 4 is 22.5 Å². The van der Waals surface area contributed by atoms with Gasteiger partial charge in [-0.2, -0.15) is 0 Å². The monoisotopic (exact) mass is 326 g/mol. The molecule has 3 rings (SSSR count). The molecule has 0 spiro atoms. The summed E-state index contributed by atoms with van der Waals surface area (Å²) in [6.07, 6.45) is 2.29. The first-order valence-electron chi connectivity index (χ1n) is 8.13. The summed E-state index contributed by atoms with van der Waals surface area (Å²) in [4.78, 5) is 12.6. The molecule has 2 heterocycles. The SMILES string of the molecule is CC(C)c1cc(C(C)C)c2cc(Nc3ncc(F)cn3)ccc2n1.[HH]. The number of nitrogens with zero attached hydrogens (tertiary/aromatic N) is 3. The van der Waals surface area contributed by atoms with Crippen LogP contribution in [-0.2, 0) is 0 Å². The van der Waals surface area contributed by atoms with Gasteiger partial charge in [0.05, 0.1) is 17.9 Å². The fourth-order valence-corrected chi connectivity index (χ4v) is 2.63. The minimum absolute atomic E-state index is 0. The van der Waals surface area contributed by atoms with Gasteiger partial charge in [0.15, 0.2) is 5.82 Å². The van der Waals surface area contributed by atoms with Crippen molar-refractivity contribution in [3.05, 3.63) is 53.7 Å². The lowest BCUT2D eigenvalue weighted by atomic mass is 9.95. The first kappa shape index (κ1) is 16.3. The van der Waals surface area contributed by atoms with Gasteiger partial charge >= 0.3 is 0 Å². The van der Waals surface area contributed by atoms with Crippen LogP contribution in [0.4, 0.5) is 16.0 Å². The molecular formula is C19H23FN4. The Labute approximate surface area is 142 Å². The van der Waals surface area contributed by atoms with E-state index in [9.17, 15) is 4.39 Å². The van der Waals surface area contributed by atoms with Gasteiger partial charge in [0.2, 0.25) is 5.95 Å². The third-order valence-electron chi connectivity index (χ3n) is 3.95. The summed E-state index contributed by atoms with van der Waals surface area (Å²) >= 11 is 0. The van der Waals surface area contributed by atoms with Crippen LogP contribution in [0.3, 0.4) is 0 Å². The average Bonchev–Trinajstić information content (AvgIpc) is 2.55. The van der Waals surface area contributed by atoms with E-state index in [2.05, 4.69) is 55.1 Å². The van der Waals surface area contributed by atoms with Crippen LogP contribution in [0.1, 0.15) is 52.2 Å². The molecular weight excluding hydrogens is 303 g/mol. The zero-order chi connectivity index (χ0) is 17.3. The molecule has 0 aliphatic heterocycles. The third-order valence-corrected chi connectivity index (χ3v) is 3.95. The molecule has 24 heavy (non-hydrogen) atoms. The molecule has 4 nitrogen and oxygen atoms in total. The van der Waals surface area contributed by atoms with Gasteiger partial charge in [-0.3, -0.25) is 4.98 Å². The highest BCUT2D eigenvalue weighted by molar-refractivity contribution is 5.86. The molecule has 1 N–H and O–H groups in total. The number of hydrogen-bond donors (Lipinski definition) is 1. The Balaban J connectivity index is 0.00000225. The number of anilines is 2. The molecule has 0 bridgehead atoms. The number of hydrogen-bond acceptors (Lipinski definition) is 4. The molecule has 0 saturated heterocycles. The zero-order valence-corrected chi connectivity index (χ0v) is 14.3. The van der Waals surface area contributed by atoms with Gasteiger partial charge in [0, 0.05) is 18.2 Å². The molecule has 1 aromatic carbocycles. The van der Waals surface area contributed by atoms with E-state index in [1.165, 1.54) is 5.56 Å². The maximum Gasteiger partial charge on any atom is 0.227 e. The molecule has 0 amide bonds. The first-order chi connectivity index (χ1) is 11.4. The molecule has 0 saturated carbocycles. The Bertz CT molecular complexity index is 863. The molecule has 5 heteroatoms. The number of aromatic nitrogens is 3. The lowest BCUT2D eigenvalue weighted by molar-refractivity contribution is 0.614. The number of rotatable bonds is 4. The quantitative estimate of drug-likeness (QED) is 0.697. The molecule has 3 aromatic rings. The summed E-state index contributed by atoms with van der Waals surface area (Å²) in [7, 11) is 0. The summed E-state index contributed by atoms with van der Waals surface area (Å²) in [5, 5.41) is 4.22. The Morgan fingerprint density at radius 2 is 1.71 bits per heavy atom. The number of halogens is 1. The van der Waals surface area contributed by atoms with Crippen molar-refractivity contribution in [2.75, 3.05) is 5.32 Å². The second-order valence-corrected chi connectivity index (χ2v) is 6.53. The van der Waals surface area contributed by atoms with Crippen LogP contribution in [0, 0.1) is 5.82 Å². The van der Waals surface area contributed by atoms with Crippen LogP contribution < -0.4 is 5.32 Å². The predicted octanol–water partition coefficient (Wildman–Crippen LogP) is 5.40. The van der Waals surface area contributed by atoms with Crippen LogP contribution in [0.2, 0.25) is 0 Å². The molecule has 2 aromatic heterocycles. The fourth-order valence-electron chi connectivity index (χ4n) is 2.63. The Morgan fingerprint density at radius 3 is 2.33 bits per heavy atom. The molecule has 0 atom stereocenters. The molecule has 0 aliphatic rings. The van der Waals surface area contributed by atoms with Gasteiger partial charge in [0.1, 0.15) is 0 Å². The fraction of sp³-hybridized carbons (Fsp3) is 0.316. The van der Waals surface area contributed by atoms with Gasteiger partial charge in [-0.1, -0.05) is 27.7 Å². The largest absolute Gasteiger partial charge is 0.324 e. The summed E-state index contributed by atoms with van der Waals surface area (Å²) in [6.45, 7) is 8.67. The maximum atomic E-state index is 12.9. The van der Waals surface area contributed by atoms with E-state index in [0.717, 1.165) is 34.7 Å². The van der Waals surface area contributed by atoms with E-state index in [4.69, 9.17) is 4.98 Å². The number of pyridine rings is 1. The molecule has 0 aliphatic carbocycles. The maximum absolute atomic E-state index is 12.9. The summed E-state index contributed by atoms with van der Waals surface area (Å²) in [6, 6.07) is 8.18. The molecule has 0 fully saturated rings. The van der Waals surface area contributed by atoms with Crippen molar-refractivity contribution in [1.29, 1.82) is 0 Å². The summed E-state index contributed by atoms with van der Waals surface area (Å²) < 4.78 is 12.9. The number of fused-ring (bicyclic) bond motifs is 1. The van der Waals surface area contributed by atoms with Gasteiger partial charge in [0.25, 0.3) is 0 Å². The Hall–Kier alpha value is -2.56. The minimum Gasteiger partial charge on any atom is -0.324 e. The van der Waals surface area contributed by atoms with Gasteiger partial charge < -0.3 is 5.32 Å². The minimum atomic E-state index is -0.452. The standard InChI is InChI=1S/C19H21FN4.H2/c1-11(2)15-8-18(12(3)4)24-17-6-5-14(7-16(15)17)23-19-21-9-13(20)10-22-19;/h5-12H,1-4H3,(H,21,22,23);1H. The van der Waals surface area contributed by atoms with Crippen molar-refractivity contribution in [2.45, 2.75) is 39.5 Å². The van der Waals surface area contributed by atoms with Crippen LogP contribution in [-0.4, -0.2) is 15.0 Å². The van der Waals surface area contributed by atoms with E-state index in [-0.39, 0.29) is 1.43 Å². The van der Waals surface area contributed by atoms with Crippen LogP contribution in [0.5, 0.6) is 0 Å². The number of nitrogens with one attached hydrogen (secondary N) is 1. The lowest BCUT2D eigenvalue weighted by Gasteiger charge is -2.15. The molecule has 0 radical (unpaired) electrons. The Kier molecular flexibility index (Phi) is 4.42. The van der Waals surface area contributed by atoms with E-state index in [1.807, 2.05) is 12.1 Å². The van der Waals surface area contributed by atoms with E-state index < -0.39 is 5.82 Å². The smallest absolute Gasteiger partial charge is 0.227 e. The normalized spacial score (nSPS) is 11.5. The van der Waals surface area contributed by atoms with Gasteiger partial charge in [-0.15, -0.1) is 0 Å². The average molecular weight is 326 g/mol. The molecule has 126 valence electrons. The highest BCUT2D eigenvalue weighted by Crippen LogP contribution is 2.30. The van der Waals surface area contributed by atoms with E-state index in [1.54, 1.807) is 0 Å². The van der Waals surface area contributed by atoms with Crippen molar-refractivity contribution < 1.29 is 5.82 Å². The molecule has 0 unspecified atom stereocenters. The lowest BCUT2D eigenvalue weighted by Crippen LogP contribution is -2.01. The third kappa shape index (κ3) is 3.35. The van der Waals surface area contributed by atoms with Gasteiger partial charge in [-0.25, -0.2) is 14.4 Å². The van der Waals surface area contributed by atoms with E-state index >= 15 is 0 Å². The van der Waals surface area contributed by atoms with Crippen LogP contribution >= 0.6 is 0 Å². The van der Waals surface area contributed by atoms with Gasteiger partial charge in [-0.05, 0) is 41.7 Å². The highest BCUT2D eigenvalue weighted by Gasteiger charge is 2.12. The second-order valence-electron chi connectivity index (χ2n) is 6.53. The van der Waals surface area contributed by atoms with Crippen molar-refractivity contribution in [3.8, 4) is 0 Å². The highest BCUT2D eigenvalue weighted by atomic mass is 19.1. The van der Waals surface area contributed by atoms with E-state index in [0.29, 0.717) is 17.8 Å². The number of benzene rings is 1. The Morgan fingerprint density at radius 1 is 1.00 bits per heavy atom. The topological polar surface area (TPSA) is 50.7 Å². The summed E-state index contributed by atoms with van der Waals surface area (Å²) in [5.74, 6) is 0.697. The summed E-state index contributed by atoms with van der Waals surface area (Å²) in [5.41, 5.74) is 4.21. The first-order valence-corrected chi connectivity index (χ1v) is 8.13. The van der Waals surface area contributed by atoms with Crippen molar-refractivity contribution in [3.63, 3.8) is 0 Å². The van der Waals surface area contributed by atoms with Crippen LogP contribution in [0.15, 0.2) is 36.7 Å². The van der Waals surface area contributed by atoms with Crippen LogP contribution in [0.25, 0.3) is 10.9 Å². The predicted molar refractivity (Wildman–Crippen MR) is 97.3 cm³/mol.